The van der Waals surface area contributed by atoms with Crippen molar-refractivity contribution in [2.75, 3.05) is 0 Å². The zero-order valence-electron chi connectivity index (χ0n) is 10.9. The van der Waals surface area contributed by atoms with Crippen molar-refractivity contribution in [1.82, 2.24) is 0 Å². The van der Waals surface area contributed by atoms with E-state index in [9.17, 15) is 4.79 Å². The van der Waals surface area contributed by atoms with E-state index in [-0.39, 0.29) is 5.92 Å². The molecule has 0 amide bonds. The summed E-state index contributed by atoms with van der Waals surface area (Å²) in [6.07, 6.45) is 13.8. The number of hydrogen-bond acceptors (Lipinski definition) is 1. The van der Waals surface area contributed by atoms with E-state index >= 15 is 0 Å². The number of ketones is 1. The second kappa shape index (κ2) is 7.65. The number of unbranched alkanes of at least 4 members (excludes halogenated alkanes) is 3. The average molecular weight is 222 g/mol. The second-order valence-corrected chi connectivity index (χ2v) is 5.09. The molecular weight excluding hydrogens is 196 g/mol. The topological polar surface area (TPSA) is 17.1 Å². The maximum absolute atomic E-state index is 12.0. The SMILES string of the molecule is CCCCCCC(=O)[C@@H](C)C1C=CCCC1. The lowest BCUT2D eigenvalue weighted by Gasteiger charge is -2.22. The summed E-state index contributed by atoms with van der Waals surface area (Å²) in [5.74, 6) is 1.25. The summed E-state index contributed by atoms with van der Waals surface area (Å²) in [7, 11) is 0. The monoisotopic (exact) mass is 222 g/mol. The molecule has 0 spiro atoms. The van der Waals surface area contributed by atoms with Gasteiger partial charge in [-0.05, 0) is 31.6 Å². The number of carbonyl (C=O) groups excluding carboxylic acids is 1. The van der Waals surface area contributed by atoms with Crippen molar-refractivity contribution in [3.8, 4) is 0 Å². The standard InChI is InChI=1S/C15H26O/c1-3-4-5-9-12-15(16)13(2)14-10-7-6-8-11-14/h7,10,13-14H,3-6,8-9,11-12H2,1-2H3/t13-,14?/m0/s1. The highest BCUT2D eigenvalue weighted by Gasteiger charge is 2.22. The van der Waals surface area contributed by atoms with Gasteiger partial charge in [-0.25, -0.2) is 0 Å². The van der Waals surface area contributed by atoms with Crippen LogP contribution in [0.25, 0.3) is 0 Å². The molecule has 1 unspecified atom stereocenters. The Morgan fingerprint density at radius 2 is 2.19 bits per heavy atom. The molecule has 92 valence electrons. The third-order valence-corrected chi connectivity index (χ3v) is 3.72. The Morgan fingerprint density at radius 1 is 1.38 bits per heavy atom. The zero-order chi connectivity index (χ0) is 11.8. The maximum atomic E-state index is 12.0. The largest absolute Gasteiger partial charge is 0.299 e. The van der Waals surface area contributed by atoms with Crippen molar-refractivity contribution >= 4 is 5.78 Å². The summed E-state index contributed by atoms with van der Waals surface area (Å²) < 4.78 is 0. The first kappa shape index (κ1) is 13.5. The van der Waals surface area contributed by atoms with E-state index in [1.807, 2.05) is 0 Å². The van der Waals surface area contributed by atoms with Crippen LogP contribution in [0.3, 0.4) is 0 Å². The van der Waals surface area contributed by atoms with Gasteiger partial charge in [0, 0.05) is 12.3 Å². The molecule has 0 fully saturated rings. The van der Waals surface area contributed by atoms with E-state index in [4.69, 9.17) is 0 Å². The number of allylic oxidation sites excluding steroid dienone is 2. The number of rotatable bonds is 7. The molecule has 0 heterocycles. The van der Waals surface area contributed by atoms with Crippen LogP contribution in [0.4, 0.5) is 0 Å². The van der Waals surface area contributed by atoms with Crippen LogP contribution in [-0.4, -0.2) is 5.78 Å². The van der Waals surface area contributed by atoms with Gasteiger partial charge < -0.3 is 0 Å². The second-order valence-electron chi connectivity index (χ2n) is 5.09. The van der Waals surface area contributed by atoms with Crippen LogP contribution in [-0.2, 0) is 4.79 Å². The van der Waals surface area contributed by atoms with Crippen molar-refractivity contribution in [3.63, 3.8) is 0 Å². The Bertz CT molecular complexity index is 230. The van der Waals surface area contributed by atoms with Crippen molar-refractivity contribution in [3.05, 3.63) is 12.2 Å². The molecule has 0 aliphatic heterocycles. The van der Waals surface area contributed by atoms with Gasteiger partial charge in [-0.1, -0.05) is 45.3 Å². The van der Waals surface area contributed by atoms with Crippen molar-refractivity contribution in [2.24, 2.45) is 11.8 Å². The van der Waals surface area contributed by atoms with E-state index in [0.29, 0.717) is 11.7 Å². The molecule has 0 bridgehead atoms. The fraction of sp³-hybridized carbons (Fsp3) is 0.800. The summed E-state index contributed by atoms with van der Waals surface area (Å²) in [5, 5.41) is 0. The minimum absolute atomic E-state index is 0.248. The lowest BCUT2D eigenvalue weighted by atomic mass is 9.82. The first-order valence-electron chi connectivity index (χ1n) is 6.95. The predicted molar refractivity (Wildman–Crippen MR) is 69.4 cm³/mol. The third-order valence-electron chi connectivity index (χ3n) is 3.72. The summed E-state index contributed by atoms with van der Waals surface area (Å²) in [6.45, 7) is 4.32. The predicted octanol–water partition coefficient (Wildman–Crippen LogP) is 4.52. The van der Waals surface area contributed by atoms with Gasteiger partial charge in [0.15, 0.2) is 0 Å². The maximum Gasteiger partial charge on any atom is 0.136 e. The summed E-state index contributed by atoms with van der Waals surface area (Å²) >= 11 is 0. The van der Waals surface area contributed by atoms with Gasteiger partial charge in [0.05, 0.1) is 0 Å². The summed E-state index contributed by atoms with van der Waals surface area (Å²) in [5.41, 5.74) is 0. The lowest BCUT2D eigenvalue weighted by Crippen LogP contribution is -2.20. The molecule has 0 aromatic heterocycles. The van der Waals surface area contributed by atoms with E-state index in [2.05, 4.69) is 26.0 Å². The molecule has 1 aliphatic rings. The minimum atomic E-state index is 0.248. The number of carbonyl (C=O) groups is 1. The van der Waals surface area contributed by atoms with Gasteiger partial charge >= 0.3 is 0 Å². The van der Waals surface area contributed by atoms with E-state index in [1.165, 1.54) is 38.5 Å². The Morgan fingerprint density at radius 3 is 2.81 bits per heavy atom. The fourth-order valence-corrected chi connectivity index (χ4v) is 2.45. The minimum Gasteiger partial charge on any atom is -0.299 e. The molecule has 0 saturated heterocycles. The smallest absolute Gasteiger partial charge is 0.136 e. The van der Waals surface area contributed by atoms with E-state index in [1.54, 1.807) is 0 Å². The number of Topliss-reactive ketones (excluding diaryl/α,β-unsaturated/α-hetero) is 1. The Labute approximate surface area is 100 Å². The normalized spacial score (nSPS) is 22.0. The summed E-state index contributed by atoms with van der Waals surface area (Å²) in [6, 6.07) is 0. The van der Waals surface area contributed by atoms with Crippen molar-refractivity contribution in [1.29, 1.82) is 0 Å². The van der Waals surface area contributed by atoms with Crippen LogP contribution in [0.2, 0.25) is 0 Å². The molecule has 2 atom stereocenters. The van der Waals surface area contributed by atoms with Gasteiger partial charge in [-0.15, -0.1) is 0 Å². The molecule has 0 aromatic carbocycles. The Kier molecular flexibility index (Phi) is 6.44. The molecule has 0 aromatic rings. The highest BCUT2D eigenvalue weighted by atomic mass is 16.1. The molecule has 1 rings (SSSR count). The van der Waals surface area contributed by atoms with Crippen molar-refractivity contribution < 1.29 is 4.79 Å². The number of hydrogen-bond donors (Lipinski definition) is 0. The molecular formula is C15H26O. The van der Waals surface area contributed by atoms with Crippen LogP contribution in [0.1, 0.15) is 65.2 Å². The zero-order valence-corrected chi connectivity index (χ0v) is 10.9. The van der Waals surface area contributed by atoms with E-state index < -0.39 is 0 Å². The molecule has 0 saturated carbocycles. The van der Waals surface area contributed by atoms with Gasteiger partial charge in [-0.2, -0.15) is 0 Å². The van der Waals surface area contributed by atoms with Gasteiger partial charge in [0.2, 0.25) is 0 Å². The summed E-state index contributed by atoms with van der Waals surface area (Å²) in [4.78, 5) is 12.0. The highest BCUT2D eigenvalue weighted by molar-refractivity contribution is 5.81. The highest BCUT2D eigenvalue weighted by Crippen LogP contribution is 2.26. The molecule has 1 nitrogen and oxygen atoms in total. The van der Waals surface area contributed by atoms with Gasteiger partial charge in [0.1, 0.15) is 5.78 Å². The van der Waals surface area contributed by atoms with Gasteiger partial charge in [0.25, 0.3) is 0 Å². The average Bonchev–Trinajstić information content (AvgIpc) is 2.34. The quantitative estimate of drug-likeness (QED) is 0.457. The molecule has 16 heavy (non-hydrogen) atoms. The van der Waals surface area contributed by atoms with Crippen LogP contribution < -0.4 is 0 Å². The molecule has 1 heteroatoms. The molecule has 0 N–H and O–H groups in total. The van der Waals surface area contributed by atoms with Crippen LogP contribution in [0.5, 0.6) is 0 Å². The Balaban J connectivity index is 2.24. The molecule has 0 radical (unpaired) electrons. The Hall–Kier alpha value is -0.590. The van der Waals surface area contributed by atoms with Crippen LogP contribution >= 0.6 is 0 Å². The molecule has 1 aliphatic carbocycles. The first-order valence-corrected chi connectivity index (χ1v) is 6.95. The van der Waals surface area contributed by atoms with Gasteiger partial charge in [-0.3, -0.25) is 4.79 Å². The first-order chi connectivity index (χ1) is 7.75. The third kappa shape index (κ3) is 4.51. The van der Waals surface area contributed by atoms with Crippen molar-refractivity contribution in [2.45, 2.75) is 65.2 Å². The fourth-order valence-electron chi connectivity index (χ4n) is 2.45. The van der Waals surface area contributed by atoms with Crippen LogP contribution in [0.15, 0.2) is 12.2 Å². The lowest BCUT2D eigenvalue weighted by molar-refractivity contribution is -0.123. The van der Waals surface area contributed by atoms with Crippen LogP contribution in [0, 0.1) is 11.8 Å². The van der Waals surface area contributed by atoms with E-state index in [0.717, 1.165) is 12.8 Å².